The molecule has 0 bridgehead atoms. The van der Waals surface area contributed by atoms with E-state index in [1.54, 1.807) is 0 Å². The molecule has 1 heterocycles. The number of rotatable bonds is 3. The van der Waals surface area contributed by atoms with Gasteiger partial charge in [0.1, 0.15) is 6.04 Å². The van der Waals surface area contributed by atoms with Crippen LogP contribution in [-0.2, 0) is 4.79 Å². The van der Waals surface area contributed by atoms with E-state index in [0.29, 0.717) is 6.04 Å². The van der Waals surface area contributed by atoms with Crippen molar-refractivity contribution in [3.63, 3.8) is 0 Å². The van der Waals surface area contributed by atoms with Crippen molar-refractivity contribution < 1.29 is 4.79 Å². The Kier molecular flexibility index (Phi) is 3.22. The highest BCUT2D eigenvalue weighted by molar-refractivity contribution is 6.06. The number of aliphatic imine (C=N–C) groups is 1. The van der Waals surface area contributed by atoms with Crippen LogP contribution in [0.1, 0.15) is 33.6 Å². The Morgan fingerprint density at radius 3 is 2.82 bits per heavy atom. The predicted octanol–water partition coefficient (Wildman–Crippen LogP) is 1.33. The fraction of sp³-hybridized carbons (Fsp3) is 0.692. The molecule has 0 aromatic carbocycles. The molecule has 0 radical (unpaired) electrons. The molecule has 1 N–H and O–H groups in total. The third-order valence-corrected chi connectivity index (χ3v) is 3.48. The first-order chi connectivity index (χ1) is 8.10. The molecule has 0 aromatic heterocycles. The van der Waals surface area contributed by atoms with Gasteiger partial charge in [0.25, 0.3) is 0 Å². The predicted molar refractivity (Wildman–Crippen MR) is 69.0 cm³/mol. The van der Waals surface area contributed by atoms with Crippen LogP contribution in [0.3, 0.4) is 0 Å². The lowest BCUT2D eigenvalue weighted by molar-refractivity contribution is -0.118. The SMILES string of the molecule is CCC1=NC2C/C(=C\NC)C(=O)C2N1C(C)C. The average molecular weight is 235 g/mol. The zero-order chi connectivity index (χ0) is 12.6. The van der Waals surface area contributed by atoms with Crippen LogP contribution in [0.2, 0.25) is 0 Å². The molecule has 4 nitrogen and oxygen atoms in total. The molecule has 1 fully saturated rings. The number of amidine groups is 1. The van der Waals surface area contributed by atoms with Crippen LogP contribution in [0.4, 0.5) is 0 Å². The van der Waals surface area contributed by atoms with E-state index >= 15 is 0 Å². The quantitative estimate of drug-likeness (QED) is 0.751. The summed E-state index contributed by atoms with van der Waals surface area (Å²) in [6.45, 7) is 6.35. The average Bonchev–Trinajstić information content (AvgIpc) is 2.77. The first-order valence-electron chi connectivity index (χ1n) is 6.35. The molecule has 1 saturated carbocycles. The van der Waals surface area contributed by atoms with Crippen molar-refractivity contribution in [2.24, 2.45) is 4.99 Å². The summed E-state index contributed by atoms with van der Waals surface area (Å²) in [7, 11) is 1.83. The fourth-order valence-corrected chi connectivity index (χ4v) is 2.85. The lowest BCUT2D eigenvalue weighted by atomic mass is 10.1. The molecule has 2 rings (SSSR count). The minimum absolute atomic E-state index is 0.0513. The summed E-state index contributed by atoms with van der Waals surface area (Å²) in [4.78, 5) is 19.2. The number of carbonyl (C=O) groups is 1. The van der Waals surface area contributed by atoms with Gasteiger partial charge in [0.05, 0.1) is 11.9 Å². The number of nitrogens with one attached hydrogen (secondary N) is 1. The van der Waals surface area contributed by atoms with Gasteiger partial charge in [-0.3, -0.25) is 9.79 Å². The molecule has 0 spiro atoms. The molecule has 0 amide bonds. The lowest BCUT2D eigenvalue weighted by Gasteiger charge is -2.30. The second kappa shape index (κ2) is 4.51. The van der Waals surface area contributed by atoms with Crippen LogP contribution >= 0.6 is 0 Å². The van der Waals surface area contributed by atoms with Crippen LogP contribution < -0.4 is 5.32 Å². The van der Waals surface area contributed by atoms with E-state index in [-0.39, 0.29) is 17.9 Å². The van der Waals surface area contributed by atoms with Crippen molar-refractivity contribution in [2.75, 3.05) is 7.05 Å². The van der Waals surface area contributed by atoms with Crippen LogP contribution in [0, 0.1) is 0 Å². The topological polar surface area (TPSA) is 44.7 Å². The van der Waals surface area contributed by atoms with Crippen LogP contribution in [0.25, 0.3) is 0 Å². The Morgan fingerprint density at radius 2 is 2.29 bits per heavy atom. The van der Waals surface area contributed by atoms with Crippen molar-refractivity contribution in [3.05, 3.63) is 11.8 Å². The van der Waals surface area contributed by atoms with Gasteiger partial charge in [-0.25, -0.2) is 0 Å². The number of Topliss-reactive ketones (excluding diaryl/α,β-unsaturated/α-hetero) is 1. The summed E-state index contributed by atoms with van der Waals surface area (Å²) in [5.74, 6) is 1.33. The van der Waals surface area contributed by atoms with E-state index in [1.165, 1.54) is 0 Å². The van der Waals surface area contributed by atoms with Crippen molar-refractivity contribution in [1.82, 2.24) is 10.2 Å². The number of hydrogen-bond donors (Lipinski definition) is 1. The zero-order valence-corrected chi connectivity index (χ0v) is 11.0. The molecule has 1 aliphatic heterocycles. The maximum absolute atomic E-state index is 12.3. The van der Waals surface area contributed by atoms with Crippen molar-refractivity contribution >= 4 is 11.6 Å². The number of nitrogens with zero attached hydrogens (tertiary/aromatic N) is 2. The molecule has 2 unspecified atom stereocenters. The van der Waals surface area contributed by atoms with Crippen LogP contribution in [0.15, 0.2) is 16.8 Å². The van der Waals surface area contributed by atoms with Gasteiger partial charge in [-0.2, -0.15) is 0 Å². The number of hydrogen-bond acceptors (Lipinski definition) is 4. The normalized spacial score (nSPS) is 30.2. The van der Waals surface area contributed by atoms with Crippen LogP contribution in [0.5, 0.6) is 0 Å². The monoisotopic (exact) mass is 235 g/mol. The fourth-order valence-electron chi connectivity index (χ4n) is 2.85. The Labute approximate surface area is 103 Å². The summed E-state index contributed by atoms with van der Waals surface area (Å²) in [6, 6.07) is 0.422. The highest BCUT2D eigenvalue weighted by Crippen LogP contribution is 2.34. The Morgan fingerprint density at radius 1 is 1.59 bits per heavy atom. The minimum Gasteiger partial charge on any atom is -0.394 e. The van der Waals surface area contributed by atoms with E-state index in [2.05, 4.69) is 31.0 Å². The summed E-state index contributed by atoms with van der Waals surface area (Å²) in [6.07, 6.45) is 3.50. The standard InChI is InChI=1S/C13H21N3O/c1-5-11-15-10-6-9(7-14-4)13(17)12(10)16(11)8(2)3/h7-8,10,12,14H,5-6H2,1-4H3/b9-7+. The van der Waals surface area contributed by atoms with Crippen molar-refractivity contribution in [1.29, 1.82) is 0 Å². The summed E-state index contributed by atoms with van der Waals surface area (Å²) in [5.41, 5.74) is 0.882. The Balaban J connectivity index is 2.30. The van der Waals surface area contributed by atoms with Crippen molar-refractivity contribution in [3.8, 4) is 0 Å². The van der Waals surface area contributed by atoms with E-state index in [9.17, 15) is 4.79 Å². The molecule has 94 valence electrons. The van der Waals surface area contributed by atoms with E-state index in [1.807, 2.05) is 13.2 Å². The molecule has 2 atom stereocenters. The van der Waals surface area contributed by atoms with E-state index < -0.39 is 0 Å². The second-order valence-electron chi connectivity index (χ2n) is 4.94. The van der Waals surface area contributed by atoms with Gasteiger partial charge >= 0.3 is 0 Å². The molecular formula is C13H21N3O. The summed E-state index contributed by atoms with van der Waals surface area (Å²) in [5, 5.41) is 2.95. The maximum Gasteiger partial charge on any atom is 0.184 e. The number of carbonyl (C=O) groups excluding carboxylic acids is 1. The Bertz CT molecular complexity index is 384. The van der Waals surface area contributed by atoms with Gasteiger partial charge in [-0.15, -0.1) is 0 Å². The molecule has 0 aromatic rings. The molecule has 17 heavy (non-hydrogen) atoms. The van der Waals surface area contributed by atoms with Gasteiger partial charge in [0.15, 0.2) is 5.78 Å². The number of ketones is 1. The molecule has 4 heteroatoms. The second-order valence-corrected chi connectivity index (χ2v) is 4.94. The highest BCUT2D eigenvalue weighted by Gasteiger charge is 2.47. The molecular weight excluding hydrogens is 214 g/mol. The van der Waals surface area contributed by atoms with Gasteiger partial charge in [-0.1, -0.05) is 6.92 Å². The first kappa shape index (κ1) is 12.1. The van der Waals surface area contributed by atoms with Gasteiger partial charge in [0.2, 0.25) is 0 Å². The van der Waals surface area contributed by atoms with Crippen LogP contribution in [-0.4, -0.2) is 41.7 Å². The highest BCUT2D eigenvalue weighted by atomic mass is 16.1. The van der Waals surface area contributed by atoms with E-state index in [4.69, 9.17) is 4.99 Å². The maximum atomic E-state index is 12.3. The summed E-state index contributed by atoms with van der Waals surface area (Å²) >= 11 is 0. The van der Waals surface area contributed by atoms with E-state index in [0.717, 1.165) is 24.3 Å². The molecule has 1 aliphatic carbocycles. The third-order valence-electron chi connectivity index (χ3n) is 3.48. The minimum atomic E-state index is -0.0513. The van der Waals surface area contributed by atoms with Gasteiger partial charge in [-0.05, 0) is 13.8 Å². The van der Waals surface area contributed by atoms with Gasteiger partial charge < -0.3 is 10.2 Å². The lowest BCUT2D eigenvalue weighted by Crippen LogP contribution is -2.45. The molecule has 0 saturated heterocycles. The molecule has 2 aliphatic rings. The summed E-state index contributed by atoms with van der Waals surface area (Å²) < 4.78 is 0. The van der Waals surface area contributed by atoms with Crippen molar-refractivity contribution in [2.45, 2.75) is 51.7 Å². The zero-order valence-electron chi connectivity index (χ0n) is 11.0. The first-order valence-corrected chi connectivity index (χ1v) is 6.35. The largest absolute Gasteiger partial charge is 0.394 e. The Hall–Kier alpha value is -1.32. The smallest absolute Gasteiger partial charge is 0.184 e. The number of fused-ring (bicyclic) bond motifs is 1. The third kappa shape index (κ3) is 1.85. The van der Waals surface area contributed by atoms with Gasteiger partial charge in [0, 0.05) is 37.7 Å².